The molecule has 0 atom stereocenters. The third-order valence-electron chi connectivity index (χ3n) is 2.74. The highest BCUT2D eigenvalue weighted by atomic mass is 32.2. The van der Waals surface area contributed by atoms with Crippen LogP contribution in [0.1, 0.15) is 5.56 Å². The number of hydrogen-bond acceptors (Lipinski definition) is 4. The molecular formula is C13H18F2N2O3S. The SMILES string of the molecule is C=CCN(CCO)S(=O)(=O)c1cc(CNC)cc(F)c1F. The van der Waals surface area contributed by atoms with Gasteiger partial charge in [0.15, 0.2) is 11.6 Å². The fourth-order valence-corrected chi connectivity index (χ4v) is 3.34. The van der Waals surface area contributed by atoms with Crippen LogP contribution in [-0.2, 0) is 16.6 Å². The molecule has 0 radical (unpaired) electrons. The first kappa shape index (κ1) is 17.7. The van der Waals surface area contributed by atoms with Gasteiger partial charge in [-0.05, 0) is 24.7 Å². The highest BCUT2D eigenvalue weighted by Gasteiger charge is 2.28. The molecule has 0 bridgehead atoms. The van der Waals surface area contributed by atoms with Crippen LogP contribution in [0.4, 0.5) is 8.78 Å². The summed E-state index contributed by atoms with van der Waals surface area (Å²) in [5.41, 5.74) is 0.303. The van der Waals surface area contributed by atoms with Crippen molar-refractivity contribution in [1.29, 1.82) is 0 Å². The van der Waals surface area contributed by atoms with Crippen LogP contribution in [0.2, 0.25) is 0 Å². The molecule has 0 amide bonds. The van der Waals surface area contributed by atoms with Crippen molar-refractivity contribution in [2.75, 3.05) is 26.7 Å². The number of benzene rings is 1. The molecule has 0 aliphatic heterocycles. The van der Waals surface area contributed by atoms with Gasteiger partial charge in [0.05, 0.1) is 6.61 Å². The minimum absolute atomic E-state index is 0.111. The standard InChI is InChI=1S/C13H18F2N2O3S/c1-3-4-17(5-6-18)21(19,20)12-8-10(9-16-2)7-11(14)13(12)15/h3,7-8,16,18H,1,4-6,9H2,2H3. The van der Waals surface area contributed by atoms with Crippen molar-refractivity contribution in [3.05, 3.63) is 42.0 Å². The lowest BCUT2D eigenvalue weighted by molar-refractivity contribution is 0.260. The number of hydrogen-bond donors (Lipinski definition) is 2. The van der Waals surface area contributed by atoms with E-state index < -0.39 is 33.2 Å². The Bertz CT molecular complexity index is 606. The van der Waals surface area contributed by atoms with E-state index in [-0.39, 0.29) is 19.6 Å². The lowest BCUT2D eigenvalue weighted by Crippen LogP contribution is -2.34. The van der Waals surface area contributed by atoms with E-state index in [1.165, 1.54) is 6.08 Å². The minimum atomic E-state index is -4.26. The van der Waals surface area contributed by atoms with Gasteiger partial charge in [0, 0.05) is 19.6 Å². The normalized spacial score (nSPS) is 11.9. The zero-order valence-corrected chi connectivity index (χ0v) is 12.5. The Balaban J connectivity index is 3.37. The van der Waals surface area contributed by atoms with Gasteiger partial charge < -0.3 is 10.4 Å². The van der Waals surface area contributed by atoms with Crippen LogP contribution >= 0.6 is 0 Å². The molecule has 0 saturated heterocycles. The molecule has 118 valence electrons. The monoisotopic (exact) mass is 320 g/mol. The van der Waals surface area contributed by atoms with E-state index >= 15 is 0 Å². The first-order valence-corrected chi connectivity index (χ1v) is 7.67. The van der Waals surface area contributed by atoms with E-state index in [9.17, 15) is 17.2 Å². The highest BCUT2D eigenvalue weighted by molar-refractivity contribution is 7.89. The first-order valence-electron chi connectivity index (χ1n) is 6.22. The van der Waals surface area contributed by atoms with Crippen LogP contribution in [0.5, 0.6) is 0 Å². The van der Waals surface area contributed by atoms with Crippen molar-refractivity contribution >= 4 is 10.0 Å². The van der Waals surface area contributed by atoms with Crippen molar-refractivity contribution in [3.63, 3.8) is 0 Å². The molecule has 0 aliphatic rings. The third-order valence-corrected chi connectivity index (χ3v) is 4.60. The molecule has 1 aromatic carbocycles. The summed E-state index contributed by atoms with van der Waals surface area (Å²) in [4.78, 5) is -0.747. The zero-order valence-electron chi connectivity index (χ0n) is 11.6. The number of aliphatic hydroxyl groups excluding tert-OH is 1. The number of nitrogens with zero attached hydrogens (tertiary/aromatic N) is 1. The minimum Gasteiger partial charge on any atom is -0.395 e. The van der Waals surface area contributed by atoms with Gasteiger partial charge in [-0.15, -0.1) is 6.58 Å². The van der Waals surface area contributed by atoms with Crippen LogP contribution in [0.15, 0.2) is 29.7 Å². The second kappa shape index (κ2) is 7.60. The molecule has 5 nitrogen and oxygen atoms in total. The van der Waals surface area contributed by atoms with Gasteiger partial charge >= 0.3 is 0 Å². The van der Waals surface area contributed by atoms with Crippen LogP contribution in [-0.4, -0.2) is 44.6 Å². The lowest BCUT2D eigenvalue weighted by Gasteiger charge is -2.20. The van der Waals surface area contributed by atoms with Crippen LogP contribution in [0.25, 0.3) is 0 Å². The quantitative estimate of drug-likeness (QED) is 0.697. The van der Waals surface area contributed by atoms with Gasteiger partial charge in [-0.2, -0.15) is 4.31 Å². The Morgan fingerprint density at radius 3 is 2.62 bits per heavy atom. The first-order chi connectivity index (χ1) is 9.88. The maximum absolute atomic E-state index is 13.9. The Morgan fingerprint density at radius 2 is 2.10 bits per heavy atom. The topological polar surface area (TPSA) is 69.6 Å². The number of aliphatic hydroxyl groups is 1. The van der Waals surface area contributed by atoms with E-state index in [0.717, 1.165) is 16.4 Å². The maximum Gasteiger partial charge on any atom is 0.246 e. The average molecular weight is 320 g/mol. The Kier molecular flexibility index (Phi) is 6.41. The van der Waals surface area contributed by atoms with Gasteiger partial charge in [0.1, 0.15) is 4.90 Å². The summed E-state index contributed by atoms with van der Waals surface area (Å²) in [6.07, 6.45) is 1.30. The molecule has 1 rings (SSSR count). The third kappa shape index (κ3) is 4.07. The van der Waals surface area contributed by atoms with Gasteiger partial charge in [0.2, 0.25) is 10.0 Å². The Morgan fingerprint density at radius 1 is 1.43 bits per heavy atom. The van der Waals surface area contributed by atoms with E-state index in [1.807, 2.05) is 0 Å². The molecular weight excluding hydrogens is 302 g/mol. The molecule has 0 fully saturated rings. The molecule has 0 saturated carbocycles. The van der Waals surface area contributed by atoms with Gasteiger partial charge in [-0.25, -0.2) is 17.2 Å². The van der Waals surface area contributed by atoms with E-state index in [4.69, 9.17) is 5.11 Å². The Hall–Kier alpha value is -1.35. The van der Waals surface area contributed by atoms with Gasteiger partial charge in [-0.1, -0.05) is 6.08 Å². The molecule has 0 aromatic heterocycles. The fraction of sp³-hybridized carbons (Fsp3) is 0.385. The molecule has 21 heavy (non-hydrogen) atoms. The van der Waals surface area contributed by atoms with Gasteiger partial charge in [0.25, 0.3) is 0 Å². The predicted molar refractivity (Wildman–Crippen MR) is 75.2 cm³/mol. The Labute approximate surface area is 122 Å². The van der Waals surface area contributed by atoms with Crippen molar-refractivity contribution in [2.24, 2.45) is 0 Å². The zero-order chi connectivity index (χ0) is 16.0. The van der Waals surface area contributed by atoms with Gasteiger partial charge in [-0.3, -0.25) is 0 Å². The van der Waals surface area contributed by atoms with E-state index in [0.29, 0.717) is 5.56 Å². The molecule has 0 aliphatic carbocycles. The average Bonchev–Trinajstić information content (AvgIpc) is 2.42. The fourth-order valence-electron chi connectivity index (χ4n) is 1.82. The van der Waals surface area contributed by atoms with E-state index in [2.05, 4.69) is 11.9 Å². The number of nitrogens with one attached hydrogen (secondary N) is 1. The molecule has 0 heterocycles. The molecule has 2 N–H and O–H groups in total. The second-order valence-electron chi connectivity index (χ2n) is 4.30. The molecule has 1 aromatic rings. The summed E-state index contributed by atoms with van der Waals surface area (Å²) in [7, 11) is -2.66. The van der Waals surface area contributed by atoms with E-state index in [1.54, 1.807) is 7.05 Å². The number of halogens is 2. The molecule has 0 spiro atoms. The van der Waals surface area contributed by atoms with Crippen molar-refractivity contribution in [2.45, 2.75) is 11.4 Å². The summed E-state index contributed by atoms with van der Waals surface area (Å²) >= 11 is 0. The number of sulfonamides is 1. The summed E-state index contributed by atoms with van der Waals surface area (Å²) in [5.74, 6) is -2.66. The summed E-state index contributed by atoms with van der Waals surface area (Å²) in [6, 6.07) is 2.02. The summed E-state index contributed by atoms with van der Waals surface area (Å²) in [5, 5.41) is 11.7. The maximum atomic E-state index is 13.9. The largest absolute Gasteiger partial charge is 0.395 e. The highest BCUT2D eigenvalue weighted by Crippen LogP contribution is 2.23. The lowest BCUT2D eigenvalue weighted by atomic mass is 10.2. The van der Waals surface area contributed by atoms with Crippen molar-refractivity contribution in [1.82, 2.24) is 9.62 Å². The van der Waals surface area contributed by atoms with Crippen LogP contribution < -0.4 is 5.32 Å². The molecule has 8 heteroatoms. The second-order valence-corrected chi connectivity index (χ2v) is 6.20. The summed E-state index contributed by atoms with van der Waals surface area (Å²) in [6.45, 7) is 2.83. The van der Waals surface area contributed by atoms with Crippen molar-refractivity contribution < 1.29 is 22.3 Å². The van der Waals surface area contributed by atoms with Crippen LogP contribution in [0, 0.1) is 11.6 Å². The smallest absolute Gasteiger partial charge is 0.246 e. The van der Waals surface area contributed by atoms with Crippen molar-refractivity contribution in [3.8, 4) is 0 Å². The summed E-state index contributed by atoms with van der Waals surface area (Å²) < 4.78 is 53.0. The number of rotatable bonds is 8. The molecule has 0 unspecified atom stereocenters. The van der Waals surface area contributed by atoms with Crippen LogP contribution in [0.3, 0.4) is 0 Å². The predicted octanol–water partition coefficient (Wildman–Crippen LogP) is 0.853.